The molecule has 1 aliphatic heterocycles. The van der Waals surface area contributed by atoms with Gasteiger partial charge in [-0.25, -0.2) is 0 Å². The van der Waals surface area contributed by atoms with Crippen molar-refractivity contribution in [3.05, 3.63) is 35.7 Å². The fourth-order valence-corrected chi connectivity index (χ4v) is 2.60. The lowest BCUT2D eigenvalue weighted by Gasteiger charge is -2.30. The standard InChI is InChI=1S/C16H15F3N4O3/c1-8-15(25)22(2)10-6-9(4-5-12(10)26-8)20-14(24)11-7-13(16(17,18)19)21-23(11)3/h4-8H,1-3H3,(H,20,24). The number of hydrogen-bond acceptors (Lipinski definition) is 4. The molecule has 26 heavy (non-hydrogen) atoms. The predicted molar refractivity (Wildman–Crippen MR) is 86.1 cm³/mol. The molecule has 1 aromatic heterocycles. The number of hydrogen-bond donors (Lipinski definition) is 1. The highest BCUT2D eigenvalue weighted by Crippen LogP contribution is 2.35. The predicted octanol–water partition coefficient (Wildman–Crippen LogP) is 2.43. The molecule has 1 aromatic carbocycles. The van der Waals surface area contributed by atoms with Crippen molar-refractivity contribution in [2.24, 2.45) is 7.05 Å². The first-order valence-corrected chi connectivity index (χ1v) is 7.59. The molecule has 0 saturated carbocycles. The SMILES string of the molecule is CC1Oc2ccc(NC(=O)c3cc(C(F)(F)F)nn3C)cc2N(C)C1=O. The van der Waals surface area contributed by atoms with E-state index in [1.54, 1.807) is 20.0 Å². The first-order valence-electron chi connectivity index (χ1n) is 7.59. The number of fused-ring (bicyclic) bond motifs is 1. The van der Waals surface area contributed by atoms with Crippen LogP contribution < -0.4 is 15.0 Å². The molecule has 0 radical (unpaired) electrons. The topological polar surface area (TPSA) is 76.5 Å². The van der Waals surface area contributed by atoms with E-state index >= 15 is 0 Å². The fourth-order valence-electron chi connectivity index (χ4n) is 2.60. The molecule has 0 spiro atoms. The molecular formula is C16H15F3N4O3. The third kappa shape index (κ3) is 3.09. The van der Waals surface area contributed by atoms with Crippen LogP contribution >= 0.6 is 0 Å². The molecular weight excluding hydrogens is 353 g/mol. The summed E-state index contributed by atoms with van der Waals surface area (Å²) in [5.74, 6) is -0.533. The molecule has 3 rings (SSSR count). The van der Waals surface area contributed by atoms with E-state index in [2.05, 4.69) is 10.4 Å². The van der Waals surface area contributed by atoms with Gasteiger partial charge in [-0.2, -0.15) is 18.3 Å². The number of ether oxygens (including phenoxy) is 1. The van der Waals surface area contributed by atoms with Crippen molar-refractivity contribution in [3.8, 4) is 5.75 Å². The molecule has 1 unspecified atom stereocenters. The van der Waals surface area contributed by atoms with Gasteiger partial charge < -0.3 is 15.0 Å². The van der Waals surface area contributed by atoms with E-state index in [9.17, 15) is 22.8 Å². The third-order valence-corrected chi connectivity index (χ3v) is 3.96. The highest BCUT2D eigenvalue weighted by molar-refractivity contribution is 6.04. The van der Waals surface area contributed by atoms with E-state index in [4.69, 9.17) is 4.74 Å². The van der Waals surface area contributed by atoms with Gasteiger partial charge in [0.05, 0.1) is 5.69 Å². The number of nitrogens with one attached hydrogen (secondary N) is 1. The molecule has 7 nitrogen and oxygen atoms in total. The van der Waals surface area contributed by atoms with Crippen LogP contribution in [0.25, 0.3) is 0 Å². The van der Waals surface area contributed by atoms with Crippen molar-refractivity contribution in [1.29, 1.82) is 0 Å². The molecule has 2 amide bonds. The van der Waals surface area contributed by atoms with Crippen LogP contribution in [0.1, 0.15) is 23.1 Å². The van der Waals surface area contributed by atoms with Gasteiger partial charge in [0.25, 0.3) is 11.8 Å². The molecule has 2 heterocycles. The van der Waals surface area contributed by atoms with Crippen LogP contribution in [0.4, 0.5) is 24.5 Å². The van der Waals surface area contributed by atoms with Crippen LogP contribution in [0.3, 0.4) is 0 Å². The Morgan fingerprint density at radius 2 is 1.96 bits per heavy atom. The van der Waals surface area contributed by atoms with Gasteiger partial charge in [-0.3, -0.25) is 14.3 Å². The average molecular weight is 368 g/mol. The van der Waals surface area contributed by atoms with Gasteiger partial charge in [0.2, 0.25) is 0 Å². The van der Waals surface area contributed by atoms with E-state index in [1.165, 1.54) is 24.1 Å². The number of amides is 2. The van der Waals surface area contributed by atoms with Gasteiger partial charge in [0.15, 0.2) is 11.8 Å². The largest absolute Gasteiger partial charge is 0.479 e. The minimum Gasteiger partial charge on any atom is -0.479 e. The van der Waals surface area contributed by atoms with Crippen LogP contribution in [0.2, 0.25) is 0 Å². The van der Waals surface area contributed by atoms with Crippen LogP contribution in [0.15, 0.2) is 24.3 Å². The second kappa shape index (κ2) is 6.04. The lowest BCUT2D eigenvalue weighted by atomic mass is 10.2. The Kier molecular flexibility index (Phi) is 4.13. The fraction of sp³-hybridized carbons (Fsp3) is 0.312. The lowest BCUT2D eigenvalue weighted by molar-refractivity contribution is -0.141. The van der Waals surface area contributed by atoms with Gasteiger partial charge in [0, 0.05) is 25.8 Å². The van der Waals surface area contributed by atoms with Gasteiger partial charge in [0.1, 0.15) is 11.4 Å². The van der Waals surface area contributed by atoms with Crippen molar-refractivity contribution in [1.82, 2.24) is 9.78 Å². The molecule has 0 fully saturated rings. The number of aryl methyl sites for hydroxylation is 1. The van der Waals surface area contributed by atoms with Gasteiger partial charge in [-0.05, 0) is 25.1 Å². The van der Waals surface area contributed by atoms with Crippen LogP contribution in [-0.4, -0.2) is 34.7 Å². The maximum Gasteiger partial charge on any atom is 0.435 e. The number of carbonyl (C=O) groups is 2. The Bertz CT molecular complexity index is 891. The highest BCUT2D eigenvalue weighted by atomic mass is 19.4. The van der Waals surface area contributed by atoms with Gasteiger partial charge in [-0.15, -0.1) is 0 Å². The van der Waals surface area contributed by atoms with E-state index in [1.807, 2.05) is 0 Å². The maximum atomic E-state index is 12.7. The van der Waals surface area contributed by atoms with E-state index in [0.29, 0.717) is 23.2 Å². The highest BCUT2D eigenvalue weighted by Gasteiger charge is 2.35. The zero-order valence-corrected chi connectivity index (χ0v) is 14.1. The molecule has 1 N–H and O–H groups in total. The summed E-state index contributed by atoms with van der Waals surface area (Å²) in [6.45, 7) is 1.62. The summed E-state index contributed by atoms with van der Waals surface area (Å²) < 4.78 is 44.5. The third-order valence-electron chi connectivity index (χ3n) is 3.96. The number of halogens is 3. The zero-order chi connectivity index (χ0) is 19.2. The van der Waals surface area contributed by atoms with Gasteiger partial charge in [-0.1, -0.05) is 0 Å². The number of alkyl halides is 3. The minimum atomic E-state index is -4.64. The van der Waals surface area contributed by atoms with E-state index < -0.39 is 23.9 Å². The Morgan fingerprint density at radius 1 is 1.27 bits per heavy atom. The number of carbonyl (C=O) groups excluding carboxylic acids is 2. The van der Waals surface area contributed by atoms with Crippen LogP contribution in [0.5, 0.6) is 5.75 Å². The van der Waals surface area contributed by atoms with Crippen molar-refractivity contribution in [2.75, 3.05) is 17.3 Å². The average Bonchev–Trinajstić information content (AvgIpc) is 2.96. The molecule has 2 aromatic rings. The zero-order valence-electron chi connectivity index (χ0n) is 14.1. The summed E-state index contributed by atoms with van der Waals surface area (Å²) in [7, 11) is 2.82. The first kappa shape index (κ1) is 17.8. The quantitative estimate of drug-likeness (QED) is 0.883. The molecule has 138 valence electrons. The van der Waals surface area contributed by atoms with Crippen LogP contribution in [-0.2, 0) is 18.0 Å². The summed E-state index contributed by atoms with van der Waals surface area (Å²) >= 11 is 0. The van der Waals surface area contributed by atoms with Gasteiger partial charge >= 0.3 is 6.18 Å². The van der Waals surface area contributed by atoms with E-state index in [0.717, 1.165) is 4.68 Å². The molecule has 0 aliphatic carbocycles. The second-order valence-electron chi connectivity index (χ2n) is 5.83. The van der Waals surface area contributed by atoms with Crippen molar-refractivity contribution < 1.29 is 27.5 Å². The lowest BCUT2D eigenvalue weighted by Crippen LogP contribution is -2.41. The Labute approximate surface area is 146 Å². The summed E-state index contributed by atoms with van der Waals surface area (Å²) in [6, 6.07) is 5.30. The molecule has 1 atom stereocenters. The molecule has 0 bridgehead atoms. The number of anilines is 2. The number of likely N-dealkylation sites (N-methyl/N-ethyl adjacent to an activating group) is 1. The van der Waals surface area contributed by atoms with Crippen molar-refractivity contribution >= 4 is 23.2 Å². The van der Waals surface area contributed by atoms with E-state index in [-0.39, 0.29) is 11.6 Å². The first-order chi connectivity index (χ1) is 12.1. The Hall–Kier alpha value is -3.04. The summed E-state index contributed by atoms with van der Waals surface area (Å²) in [5, 5.41) is 5.80. The molecule has 10 heteroatoms. The normalized spacial score (nSPS) is 16.9. The Morgan fingerprint density at radius 3 is 2.58 bits per heavy atom. The molecule has 0 saturated heterocycles. The van der Waals surface area contributed by atoms with Crippen molar-refractivity contribution in [3.63, 3.8) is 0 Å². The summed E-state index contributed by atoms with van der Waals surface area (Å²) in [6.07, 6.45) is -5.26. The number of nitrogens with zero attached hydrogens (tertiary/aromatic N) is 3. The summed E-state index contributed by atoms with van der Waals surface area (Å²) in [5.41, 5.74) is -0.638. The second-order valence-corrected chi connectivity index (χ2v) is 5.83. The molecule has 1 aliphatic rings. The smallest absolute Gasteiger partial charge is 0.435 e. The Balaban J connectivity index is 1.85. The number of rotatable bonds is 2. The maximum absolute atomic E-state index is 12.7. The number of benzene rings is 1. The number of aromatic nitrogens is 2. The summed E-state index contributed by atoms with van der Waals surface area (Å²) in [4.78, 5) is 25.7. The minimum absolute atomic E-state index is 0.246. The monoisotopic (exact) mass is 368 g/mol. The van der Waals surface area contributed by atoms with Crippen LogP contribution in [0, 0.1) is 0 Å². The van der Waals surface area contributed by atoms with Crippen molar-refractivity contribution in [2.45, 2.75) is 19.2 Å².